The lowest BCUT2D eigenvalue weighted by Crippen LogP contribution is -2.64. The third-order valence-corrected chi connectivity index (χ3v) is 7.45. The summed E-state index contributed by atoms with van der Waals surface area (Å²) in [5, 5.41) is 0.635. The Morgan fingerprint density at radius 2 is 1.82 bits per heavy atom. The van der Waals surface area contributed by atoms with Crippen molar-refractivity contribution >= 4 is 35.3 Å². The summed E-state index contributed by atoms with van der Waals surface area (Å²) in [6.45, 7) is 9.21. The third-order valence-electron chi connectivity index (χ3n) is 7.22. The van der Waals surface area contributed by atoms with Crippen molar-refractivity contribution in [2.24, 2.45) is 4.99 Å². The van der Waals surface area contributed by atoms with Crippen LogP contribution >= 0.6 is 11.6 Å². The zero-order valence-electron chi connectivity index (χ0n) is 19.6. The van der Waals surface area contributed by atoms with Gasteiger partial charge in [0.2, 0.25) is 11.9 Å². The monoisotopic (exact) mass is 469 g/mol. The number of imide groups is 1. The van der Waals surface area contributed by atoms with Crippen LogP contribution in [0.5, 0.6) is 0 Å². The number of piperidine rings is 1. The summed E-state index contributed by atoms with van der Waals surface area (Å²) in [6, 6.07) is 4.80. The minimum absolute atomic E-state index is 0.208. The number of carbonyl (C=O) groups is 2. The molecule has 9 heteroatoms. The molecule has 0 N–H and O–H groups in total. The standard InChI is InChI=1S/C24H30ClN6O2/c1-15-8-9-18(25)14-19(15)30-16(2)17(3)31-20-21(26-23(30)31)27(4)24(33)29(22(20)32)13-12-28-10-6-5-7-11-28/h8-9,14,20H,5-7,10-13H2,1-4H3/q+1. The average molecular weight is 470 g/mol. The number of benzene rings is 1. The van der Waals surface area contributed by atoms with Crippen molar-refractivity contribution in [3.8, 4) is 5.69 Å². The van der Waals surface area contributed by atoms with E-state index in [9.17, 15) is 9.59 Å². The van der Waals surface area contributed by atoms with Crippen LogP contribution in [0.4, 0.5) is 10.7 Å². The summed E-state index contributed by atoms with van der Waals surface area (Å²) in [4.78, 5) is 36.9. The van der Waals surface area contributed by atoms with Crippen LogP contribution in [0, 0.1) is 20.8 Å². The molecule has 174 valence electrons. The summed E-state index contributed by atoms with van der Waals surface area (Å²) in [7, 11) is 1.71. The molecule has 1 atom stereocenters. The van der Waals surface area contributed by atoms with Crippen LogP contribution in [0.15, 0.2) is 23.2 Å². The van der Waals surface area contributed by atoms with E-state index in [-0.39, 0.29) is 11.9 Å². The highest BCUT2D eigenvalue weighted by Crippen LogP contribution is 2.34. The van der Waals surface area contributed by atoms with Gasteiger partial charge in [0.25, 0.3) is 5.91 Å². The van der Waals surface area contributed by atoms with E-state index in [1.807, 2.05) is 48.1 Å². The Bertz CT molecular complexity index is 1180. The van der Waals surface area contributed by atoms with Gasteiger partial charge in [-0.3, -0.25) is 14.6 Å². The lowest BCUT2D eigenvalue weighted by atomic mass is 10.1. The van der Waals surface area contributed by atoms with E-state index in [2.05, 4.69) is 4.90 Å². The molecule has 5 rings (SSSR count). The van der Waals surface area contributed by atoms with E-state index in [1.54, 1.807) is 7.05 Å². The SMILES string of the molecule is Cc1ccc(Cl)cc1-n1c(C)c(C)[n+]2c1N=C1C2C(=O)N(CCN2CCCCC2)C(=O)N1C. The van der Waals surface area contributed by atoms with Gasteiger partial charge in [-0.2, -0.15) is 4.57 Å². The number of carbonyl (C=O) groups excluding carboxylic acids is 2. The molecule has 3 amide bonds. The topological polar surface area (TPSA) is 65.0 Å². The quantitative estimate of drug-likeness (QED) is 0.645. The highest BCUT2D eigenvalue weighted by Gasteiger charge is 2.54. The molecule has 0 spiro atoms. The second-order valence-electron chi connectivity index (χ2n) is 9.21. The molecule has 8 nitrogen and oxygen atoms in total. The normalized spacial score (nSPS) is 20.9. The number of nitrogens with zero attached hydrogens (tertiary/aromatic N) is 6. The molecule has 1 unspecified atom stereocenters. The van der Waals surface area contributed by atoms with E-state index in [0.29, 0.717) is 29.9 Å². The number of fused-ring (bicyclic) bond motifs is 3. The number of imidazole rings is 1. The van der Waals surface area contributed by atoms with Crippen LogP contribution in [0.25, 0.3) is 5.69 Å². The van der Waals surface area contributed by atoms with Crippen LogP contribution in [-0.2, 0) is 4.79 Å². The molecule has 0 saturated carbocycles. The van der Waals surface area contributed by atoms with Gasteiger partial charge in [0.1, 0.15) is 17.1 Å². The Balaban J connectivity index is 1.53. The molecule has 33 heavy (non-hydrogen) atoms. The number of aryl methyl sites for hydroxylation is 1. The number of amides is 3. The van der Waals surface area contributed by atoms with E-state index >= 15 is 0 Å². The summed E-state index contributed by atoms with van der Waals surface area (Å²) >= 11 is 6.31. The first-order valence-electron chi connectivity index (χ1n) is 11.6. The van der Waals surface area contributed by atoms with Crippen molar-refractivity contribution in [3.63, 3.8) is 0 Å². The lowest BCUT2D eigenvalue weighted by Gasteiger charge is -2.35. The second-order valence-corrected chi connectivity index (χ2v) is 9.65. The number of likely N-dealkylation sites (tertiary alicyclic amines) is 1. The zero-order chi connectivity index (χ0) is 23.4. The first-order valence-corrected chi connectivity index (χ1v) is 12.0. The van der Waals surface area contributed by atoms with Gasteiger partial charge in [-0.15, -0.1) is 0 Å². The molecule has 2 aromatic rings. The van der Waals surface area contributed by atoms with Gasteiger partial charge in [0.15, 0.2) is 0 Å². The molecule has 1 aromatic heterocycles. The van der Waals surface area contributed by atoms with Crippen LogP contribution in [0.1, 0.15) is 42.3 Å². The number of aromatic nitrogens is 2. The molecule has 1 aromatic carbocycles. The largest absolute Gasteiger partial charge is 0.407 e. The van der Waals surface area contributed by atoms with Crippen LogP contribution in [0.2, 0.25) is 5.02 Å². The predicted octanol–water partition coefficient (Wildman–Crippen LogP) is 3.31. The van der Waals surface area contributed by atoms with Gasteiger partial charge in [0, 0.05) is 25.2 Å². The Labute approximate surface area is 199 Å². The fourth-order valence-electron chi connectivity index (χ4n) is 5.18. The number of amidine groups is 1. The number of rotatable bonds is 4. The van der Waals surface area contributed by atoms with Crippen molar-refractivity contribution in [3.05, 3.63) is 40.2 Å². The highest BCUT2D eigenvalue weighted by molar-refractivity contribution is 6.30. The van der Waals surface area contributed by atoms with Crippen molar-refractivity contribution in [1.29, 1.82) is 0 Å². The number of likely N-dealkylation sites (N-methyl/N-ethyl adjacent to an activating group) is 1. The van der Waals surface area contributed by atoms with Crippen LogP contribution in [0.3, 0.4) is 0 Å². The summed E-state index contributed by atoms with van der Waals surface area (Å²) < 4.78 is 4.00. The maximum Gasteiger partial charge on any atom is 0.407 e. The van der Waals surface area contributed by atoms with Gasteiger partial charge < -0.3 is 4.90 Å². The number of aliphatic imine (C=N–C) groups is 1. The first kappa shape index (κ1) is 22.1. The zero-order valence-corrected chi connectivity index (χ0v) is 20.4. The Hall–Kier alpha value is -2.71. The van der Waals surface area contributed by atoms with E-state index < -0.39 is 6.04 Å². The molecule has 2 saturated heterocycles. The number of hydrogen-bond donors (Lipinski definition) is 0. The Morgan fingerprint density at radius 1 is 1.09 bits per heavy atom. The van der Waals surface area contributed by atoms with Crippen molar-refractivity contribution in [1.82, 2.24) is 19.3 Å². The van der Waals surface area contributed by atoms with Crippen molar-refractivity contribution < 1.29 is 14.2 Å². The van der Waals surface area contributed by atoms with E-state index in [1.165, 1.54) is 29.1 Å². The van der Waals surface area contributed by atoms with E-state index in [4.69, 9.17) is 16.6 Å². The third kappa shape index (κ3) is 3.47. The fraction of sp³-hybridized carbons (Fsp3) is 0.500. The Morgan fingerprint density at radius 3 is 2.55 bits per heavy atom. The average Bonchev–Trinajstić information content (AvgIpc) is 3.30. The molecule has 0 bridgehead atoms. The van der Waals surface area contributed by atoms with Gasteiger partial charge in [-0.25, -0.2) is 9.36 Å². The molecule has 3 aliphatic rings. The van der Waals surface area contributed by atoms with E-state index in [0.717, 1.165) is 35.7 Å². The molecule has 2 fully saturated rings. The van der Waals surface area contributed by atoms with Crippen LogP contribution in [-0.4, -0.2) is 70.3 Å². The van der Waals surface area contributed by atoms with Crippen LogP contribution < -0.4 is 4.57 Å². The molecule has 0 radical (unpaired) electrons. The highest BCUT2D eigenvalue weighted by atomic mass is 35.5. The van der Waals surface area contributed by atoms with Crippen molar-refractivity contribution in [2.45, 2.75) is 46.1 Å². The maximum absolute atomic E-state index is 13.7. The minimum Gasteiger partial charge on any atom is -0.302 e. The van der Waals surface area contributed by atoms with Gasteiger partial charge >= 0.3 is 12.0 Å². The number of halogens is 1. The lowest BCUT2D eigenvalue weighted by molar-refractivity contribution is -0.682. The van der Waals surface area contributed by atoms with Gasteiger partial charge in [-0.1, -0.05) is 29.1 Å². The minimum atomic E-state index is -0.636. The molecular formula is C24H30ClN6O2+. The smallest absolute Gasteiger partial charge is 0.302 e. The summed E-state index contributed by atoms with van der Waals surface area (Å²) in [5.41, 5.74) is 3.91. The second kappa shape index (κ2) is 8.25. The van der Waals surface area contributed by atoms with Gasteiger partial charge in [-0.05, 0) is 64.4 Å². The maximum atomic E-state index is 13.7. The molecular weight excluding hydrogens is 440 g/mol. The van der Waals surface area contributed by atoms with Crippen molar-refractivity contribution in [2.75, 3.05) is 33.2 Å². The summed E-state index contributed by atoms with van der Waals surface area (Å²) in [5.74, 6) is 0.910. The fourth-order valence-corrected chi connectivity index (χ4v) is 5.34. The number of hydrogen-bond acceptors (Lipinski definition) is 4. The summed E-state index contributed by atoms with van der Waals surface area (Å²) in [6.07, 6.45) is 3.61. The molecule has 0 aliphatic carbocycles. The first-order chi connectivity index (χ1) is 15.8. The van der Waals surface area contributed by atoms with Gasteiger partial charge in [0.05, 0.1) is 0 Å². The molecule has 3 aliphatic heterocycles. The predicted molar refractivity (Wildman–Crippen MR) is 126 cm³/mol. The molecule has 4 heterocycles. The number of urea groups is 1. The Kier molecular flexibility index (Phi) is 5.53.